The molecule has 1 aliphatic heterocycles. The number of benzene rings is 2. The summed E-state index contributed by atoms with van der Waals surface area (Å²) in [4.78, 5) is 27.9. The van der Waals surface area contributed by atoms with Crippen molar-refractivity contribution in [3.8, 4) is 5.69 Å². The van der Waals surface area contributed by atoms with Crippen molar-refractivity contribution in [3.63, 3.8) is 0 Å². The van der Waals surface area contributed by atoms with E-state index in [-0.39, 0.29) is 24.6 Å². The third-order valence-corrected chi connectivity index (χ3v) is 5.70. The fraction of sp³-hybridized carbons (Fsp3) is 0.250. The van der Waals surface area contributed by atoms with Crippen LogP contribution in [-0.4, -0.2) is 44.8 Å². The highest BCUT2D eigenvalue weighted by atomic mass is 32.2. The number of aromatic nitrogens is 4. The van der Waals surface area contributed by atoms with Crippen LogP contribution in [0.4, 0.5) is 15.8 Å². The summed E-state index contributed by atoms with van der Waals surface area (Å²) in [6, 6.07) is 11.8. The van der Waals surface area contributed by atoms with E-state index in [1.807, 2.05) is 30.5 Å². The van der Waals surface area contributed by atoms with E-state index in [9.17, 15) is 14.0 Å². The lowest BCUT2D eigenvalue weighted by Crippen LogP contribution is -2.28. The summed E-state index contributed by atoms with van der Waals surface area (Å²) in [5.74, 6) is -1.16. The zero-order valence-corrected chi connectivity index (χ0v) is 17.2. The normalized spacial score (nSPS) is 16.2. The second kappa shape index (κ2) is 8.23. The molecule has 1 saturated heterocycles. The average Bonchev–Trinajstić information content (AvgIpc) is 3.35. The van der Waals surface area contributed by atoms with Crippen molar-refractivity contribution in [2.45, 2.75) is 18.2 Å². The van der Waals surface area contributed by atoms with Crippen LogP contribution in [0.2, 0.25) is 0 Å². The molecule has 0 aliphatic carbocycles. The lowest BCUT2D eigenvalue weighted by Gasteiger charge is -2.17. The molecule has 1 N–H and O–H groups in total. The quantitative estimate of drug-likeness (QED) is 0.631. The van der Waals surface area contributed by atoms with Crippen molar-refractivity contribution < 1.29 is 14.0 Å². The van der Waals surface area contributed by atoms with Gasteiger partial charge in [0.15, 0.2) is 5.82 Å². The average molecular weight is 426 g/mol. The Morgan fingerprint density at radius 2 is 1.93 bits per heavy atom. The molecule has 1 fully saturated rings. The predicted molar refractivity (Wildman–Crippen MR) is 111 cm³/mol. The number of rotatable bonds is 5. The Hall–Kier alpha value is -3.27. The molecule has 0 bridgehead atoms. The first-order valence-electron chi connectivity index (χ1n) is 9.26. The van der Waals surface area contributed by atoms with Gasteiger partial charge in [-0.25, -0.2) is 4.39 Å². The van der Waals surface area contributed by atoms with Gasteiger partial charge in [-0.2, -0.15) is 4.68 Å². The summed E-state index contributed by atoms with van der Waals surface area (Å²) in [5.41, 5.74) is 1.28. The van der Waals surface area contributed by atoms with Crippen molar-refractivity contribution in [2.75, 3.05) is 23.0 Å². The number of carbonyl (C=O) groups excluding carboxylic acids is 2. The Morgan fingerprint density at radius 1 is 1.20 bits per heavy atom. The Labute approximate surface area is 176 Å². The predicted octanol–water partition coefficient (Wildman–Crippen LogP) is 2.82. The van der Waals surface area contributed by atoms with Crippen LogP contribution in [-0.2, 0) is 9.59 Å². The van der Waals surface area contributed by atoms with Crippen molar-refractivity contribution in [1.82, 2.24) is 20.2 Å². The molecule has 3 aromatic rings. The van der Waals surface area contributed by atoms with E-state index >= 15 is 0 Å². The van der Waals surface area contributed by atoms with Crippen molar-refractivity contribution in [3.05, 3.63) is 54.1 Å². The summed E-state index contributed by atoms with van der Waals surface area (Å²) in [7, 11) is 0. The summed E-state index contributed by atoms with van der Waals surface area (Å²) in [6.45, 7) is 1.96. The van der Waals surface area contributed by atoms with E-state index in [0.717, 1.165) is 10.6 Å². The molecular weight excluding hydrogens is 407 g/mol. The van der Waals surface area contributed by atoms with Crippen LogP contribution >= 0.6 is 11.8 Å². The van der Waals surface area contributed by atoms with E-state index in [1.165, 1.54) is 22.9 Å². The van der Waals surface area contributed by atoms with Crippen LogP contribution in [0.1, 0.15) is 12.2 Å². The minimum Gasteiger partial charge on any atom is -0.323 e. The number of thioether (sulfide) groups is 1. The maximum atomic E-state index is 14.3. The number of halogens is 1. The van der Waals surface area contributed by atoms with E-state index in [1.54, 1.807) is 23.6 Å². The van der Waals surface area contributed by atoms with E-state index in [0.29, 0.717) is 11.5 Å². The van der Waals surface area contributed by atoms with Gasteiger partial charge in [0.25, 0.3) is 0 Å². The zero-order valence-electron chi connectivity index (χ0n) is 16.4. The highest BCUT2D eigenvalue weighted by Gasteiger charge is 2.35. The SMILES string of the molecule is CSc1ccc(N2CC(C(=O)Nc3cc(-n4nnnc4C)ccc3F)CC2=O)cc1. The lowest BCUT2D eigenvalue weighted by molar-refractivity contribution is -0.122. The van der Waals surface area contributed by atoms with Gasteiger partial charge in [-0.15, -0.1) is 16.9 Å². The lowest BCUT2D eigenvalue weighted by atomic mass is 10.1. The second-order valence-corrected chi connectivity index (χ2v) is 7.77. The Bertz CT molecular complexity index is 1100. The molecule has 1 unspecified atom stereocenters. The summed E-state index contributed by atoms with van der Waals surface area (Å²) in [6.07, 6.45) is 2.05. The number of hydrogen-bond donors (Lipinski definition) is 1. The van der Waals surface area contributed by atoms with E-state index < -0.39 is 17.6 Å². The third kappa shape index (κ3) is 3.90. The minimum absolute atomic E-state index is 0.0163. The van der Waals surface area contributed by atoms with Crippen molar-refractivity contribution in [1.29, 1.82) is 0 Å². The molecule has 0 saturated carbocycles. The molecule has 8 nitrogen and oxygen atoms in total. The molecule has 0 spiro atoms. The minimum atomic E-state index is -0.577. The topological polar surface area (TPSA) is 93.0 Å². The van der Waals surface area contributed by atoms with Crippen LogP contribution in [0.25, 0.3) is 5.69 Å². The number of nitrogens with one attached hydrogen (secondary N) is 1. The van der Waals surface area contributed by atoms with Gasteiger partial charge in [-0.3, -0.25) is 9.59 Å². The number of anilines is 2. The summed E-state index contributed by atoms with van der Waals surface area (Å²) < 4.78 is 15.7. The van der Waals surface area contributed by atoms with Gasteiger partial charge >= 0.3 is 0 Å². The molecule has 2 amide bonds. The highest BCUT2D eigenvalue weighted by molar-refractivity contribution is 7.98. The van der Waals surface area contributed by atoms with Crippen molar-refractivity contribution in [2.24, 2.45) is 5.92 Å². The van der Waals surface area contributed by atoms with Crippen molar-refractivity contribution >= 4 is 35.0 Å². The maximum absolute atomic E-state index is 14.3. The van der Waals surface area contributed by atoms with E-state index in [4.69, 9.17) is 0 Å². The summed E-state index contributed by atoms with van der Waals surface area (Å²) >= 11 is 1.61. The first-order chi connectivity index (χ1) is 14.5. The van der Waals surface area contributed by atoms with Gasteiger partial charge in [0.1, 0.15) is 5.82 Å². The van der Waals surface area contributed by atoms with Gasteiger partial charge in [0.2, 0.25) is 11.8 Å². The molecule has 154 valence electrons. The Balaban J connectivity index is 1.49. The fourth-order valence-electron chi connectivity index (χ4n) is 3.34. The number of tetrazole rings is 1. The molecule has 30 heavy (non-hydrogen) atoms. The van der Waals surface area contributed by atoms with Crippen LogP contribution in [0.3, 0.4) is 0 Å². The molecule has 1 atom stereocenters. The molecule has 1 aliphatic rings. The molecule has 0 radical (unpaired) electrons. The molecule has 4 rings (SSSR count). The van der Waals surface area contributed by atoms with Crippen LogP contribution < -0.4 is 10.2 Å². The van der Waals surface area contributed by atoms with Gasteiger partial charge in [-0.05, 0) is 66.1 Å². The standard InChI is InChI=1S/C20H19FN6O2S/c1-12-23-24-25-27(12)15-5-8-17(21)18(10-15)22-20(29)13-9-19(28)26(11-13)14-3-6-16(30-2)7-4-14/h3-8,10,13H,9,11H2,1-2H3,(H,22,29). The zero-order chi connectivity index (χ0) is 21.3. The van der Waals surface area contributed by atoms with Gasteiger partial charge in [-0.1, -0.05) is 0 Å². The number of amides is 2. The van der Waals surface area contributed by atoms with Crippen LogP contribution in [0.15, 0.2) is 47.4 Å². The molecular formula is C20H19FN6O2S. The van der Waals surface area contributed by atoms with E-state index in [2.05, 4.69) is 20.8 Å². The number of carbonyl (C=O) groups is 2. The maximum Gasteiger partial charge on any atom is 0.229 e. The summed E-state index contributed by atoms with van der Waals surface area (Å²) in [5, 5.41) is 13.8. The number of hydrogen-bond acceptors (Lipinski definition) is 6. The highest BCUT2D eigenvalue weighted by Crippen LogP contribution is 2.28. The fourth-order valence-corrected chi connectivity index (χ4v) is 3.75. The van der Waals surface area contributed by atoms with Crippen LogP contribution in [0.5, 0.6) is 0 Å². The van der Waals surface area contributed by atoms with Crippen LogP contribution in [0, 0.1) is 18.7 Å². The van der Waals surface area contributed by atoms with Gasteiger partial charge in [0.05, 0.1) is 17.3 Å². The van der Waals surface area contributed by atoms with Gasteiger partial charge in [0, 0.05) is 23.5 Å². The Kier molecular flexibility index (Phi) is 5.49. The molecule has 1 aromatic heterocycles. The third-order valence-electron chi connectivity index (χ3n) is 4.96. The molecule has 2 aromatic carbocycles. The molecule has 2 heterocycles. The Morgan fingerprint density at radius 3 is 2.60 bits per heavy atom. The second-order valence-electron chi connectivity index (χ2n) is 6.89. The largest absolute Gasteiger partial charge is 0.323 e. The first-order valence-corrected chi connectivity index (χ1v) is 10.5. The number of nitrogens with zero attached hydrogens (tertiary/aromatic N) is 5. The molecule has 10 heteroatoms. The number of aryl methyl sites for hydroxylation is 1. The van der Waals surface area contributed by atoms with Gasteiger partial charge < -0.3 is 10.2 Å². The first kappa shape index (κ1) is 20.0. The smallest absolute Gasteiger partial charge is 0.229 e. The monoisotopic (exact) mass is 426 g/mol.